The monoisotopic (exact) mass is 241 g/mol. The Bertz CT molecular complexity index is 321. The largest absolute Gasteiger partial charge is 0.468 e. The zero-order valence-electron chi connectivity index (χ0n) is 9.34. The Labute approximate surface area is 99.0 Å². The number of methoxy groups -OCH3 is 1. The number of hydrogen-bond donors (Lipinski definition) is 1. The van der Waals surface area contributed by atoms with Crippen LogP contribution in [0.3, 0.4) is 0 Å². The number of carbonyl (C=O) groups excluding carboxylic acids is 1. The van der Waals surface area contributed by atoms with E-state index in [0.717, 1.165) is 6.54 Å². The highest BCUT2D eigenvalue weighted by molar-refractivity contribution is 7.99. The van der Waals surface area contributed by atoms with E-state index >= 15 is 0 Å². The van der Waals surface area contributed by atoms with Crippen LogP contribution in [0.1, 0.15) is 6.92 Å². The van der Waals surface area contributed by atoms with Crippen LogP contribution in [0.5, 0.6) is 0 Å². The summed E-state index contributed by atoms with van der Waals surface area (Å²) < 4.78 is 4.70. The van der Waals surface area contributed by atoms with Crippen molar-refractivity contribution in [2.24, 2.45) is 0 Å². The number of nitrogens with one attached hydrogen (secondary N) is 1. The molecule has 16 heavy (non-hydrogen) atoms. The van der Waals surface area contributed by atoms with Gasteiger partial charge in [-0.1, -0.05) is 18.7 Å². The van der Waals surface area contributed by atoms with E-state index in [9.17, 15) is 4.79 Å². The number of ether oxygens (including phenoxy) is 1. The molecule has 0 saturated heterocycles. The molecule has 0 saturated carbocycles. The minimum absolute atomic E-state index is 0.259. The fraction of sp³-hybridized carbons (Fsp3) is 0.500. The third-order valence-electron chi connectivity index (χ3n) is 1.86. The molecule has 0 aliphatic heterocycles. The van der Waals surface area contributed by atoms with E-state index in [0.29, 0.717) is 10.9 Å². The van der Waals surface area contributed by atoms with E-state index in [1.54, 1.807) is 18.5 Å². The zero-order valence-corrected chi connectivity index (χ0v) is 10.2. The van der Waals surface area contributed by atoms with Gasteiger partial charge in [0.25, 0.3) is 0 Å². The second-order valence-corrected chi connectivity index (χ2v) is 3.96. The highest BCUT2D eigenvalue weighted by atomic mass is 32.2. The SMILES string of the molecule is CCNC(CSc1ncccn1)C(=O)OC. The Morgan fingerprint density at radius 2 is 2.25 bits per heavy atom. The molecule has 1 atom stereocenters. The van der Waals surface area contributed by atoms with E-state index in [-0.39, 0.29) is 12.0 Å². The number of aromatic nitrogens is 2. The van der Waals surface area contributed by atoms with Crippen molar-refractivity contribution in [3.05, 3.63) is 18.5 Å². The molecule has 0 bridgehead atoms. The van der Waals surface area contributed by atoms with Crippen LogP contribution in [0.15, 0.2) is 23.6 Å². The van der Waals surface area contributed by atoms with Gasteiger partial charge in [0, 0.05) is 18.1 Å². The number of hydrogen-bond acceptors (Lipinski definition) is 6. The molecule has 0 radical (unpaired) electrons. The summed E-state index contributed by atoms with van der Waals surface area (Å²) in [5.41, 5.74) is 0. The molecule has 5 nitrogen and oxygen atoms in total. The van der Waals surface area contributed by atoms with Gasteiger partial charge in [-0.3, -0.25) is 4.79 Å². The van der Waals surface area contributed by atoms with Crippen LogP contribution >= 0.6 is 11.8 Å². The molecule has 88 valence electrons. The van der Waals surface area contributed by atoms with Crippen molar-refractivity contribution >= 4 is 17.7 Å². The summed E-state index contributed by atoms with van der Waals surface area (Å²) in [6.07, 6.45) is 3.35. The van der Waals surface area contributed by atoms with Crippen molar-refractivity contribution in [2.45, 2.75) is 18.1 Å². The number of nitrogens with zero attached hydrogens (tertiary/aromatic N) is 2. The topological polar surface area (TPSA) is 64.1 Å². The summed E-state index contributed by atoms with van der Waals surface area (Å²) in [5.74, 6) is 0.301. The van der Waals surface area contributed by atoms with Gasteiger partial charge in [-0.2, -0.15) is 0 Å². The highest BCUT2D eigenvalue weighted by Gasteiger charge is 2.18. The van der Waals surface area contributed by atoms with Crippen molar-refractivity contribution in [3.63, 3.8) is 0 Å². The lowest BCUT2D eigenvalue weighted by Gasteiger charge is -2.13. The first-order chi connectivity index (χ1) is 7.77. The lowest BCUT2D eigenvalue weighted by Crippen LogP contribution is -2.39. The van der Waals surface area contributed by atoms with Crippen molar-refractivity contribution in [2.75, 3.05) is 19.4 Å². The summed E-state index contributed by atoms with van der Waals surface area (Å²) in [6.45, 7) is 2.66. The third-order valence-corrected chi connectivity index (χ3v) is 2.83. The van der Waals surface area contributed by atoms with E-state index in [4.69, 9.17) is 4.74 Å². The first kappa shape index (κ1) is 12.9. The first-order valence-electron chi connectivity index (χ1n) is 4.99. The predicted molar refractivity (Wildman–Crippen MR) is 62.2 cm³/mol. The van der Waals surface area contributed by atoms with Gasteiger partial charge in [0.1, 0.15) is 6.04 Å². The summed E-state index contributed by atoms with van der Waals surface area (Å²) in [7, 11) is 1.39. The summed E-state index contributed by atoms with van der Waals surface area (Å²) in [5, 5.41) is 3.71. The van der Waals surface area contributed by atoms with Crippen LogP contribution in [-0.4, -0.2) is 41.4 Å². The molecule has 0 amide bonds. The molecule has 0 fully saturated rings. The molecule has 0 aliphatic rings. The van der Waals surface area contributed by atoms with Gasteiger partial charge >= 0.3 is 5.97 Å². The molecule has 1 N–H and O–H groups in total. The first-order valence-corrected chi connectivity index (χ1v) is 5.97. The maximum atomic E-state index is 11.4. The molecule has 0 spiro atoms. The molecular formula is C10H15N3O2S. The molecule has 1 aromatic heterocycles. The fourth-order valence-electron chi connectivity index (χ4n) is 1.12. The predicted octanol–water partition coefficient (Wildman–Crippen LogP) is 0.720. The lowest BCUT2D eigenvalue weighted by atomic mass is 10.3. The Balaban J connectivity index is 2.47. The molecule has 1 unspecified atom stereocenters. The van der Waals surface area contributed by atoms with E-state index in [2.05, 4.69) is 15.3 Å². The number of thioether (sulfide) groups is 1. The smallest absolute Gasteiger partial charge is 0.323 e. The number of likely N-dealkylation sites (N-methyl/N-ethyl adjacent to an activating group) is 1. The zero-order chi connectivity index (χ0) is 11.8. The maximum Gasteiger partial charge on any atom is 0.323 e. The maximum absolute atomic E-state index is 11.4. The van der Waals surface area contributed by atoms with Gasteiger partial charge in [0.05, 0.1) is 7.11 Å². The Morgan fingerprint density at radius 1 is 1.56 bits per heavy atom. The summed E-state index contributed by atoms with van der Waals surface area (Å²) >= 11 is 1.43. The molecule has 1 heterocycles. The highest BCUT2D eigenvalue weighted by Crippen LogP contribution is 2.12. The lowest BCUT2D eigenvalue weighted by molar-refractivity contribution is -0.142. The molecule has 0 aromatic carbocycles. The van der Waals surface area contributed by atoms with E-state index in [1.807, 2.05) is 6.92 Å². The Morgan fingerprint density at radius 3 is 2.81 bits per heavy atom. The summed E-state index contributed by atoms with van der Waals surface area (Å²) in [4.78, 5) is 19.5. The van der Waals surface area contributed by atoms with Crippen molar-refractivity contribution in [1.29, 1.82) is 0 Å². The summed E-state index contributed by atoms with van der Waals surface area (Å²) in [6, 6.07) is 1.44. The quantitative estimate of drug-likeness (QED) is 0.450. The minimum Gasteiger partial charge on any atom is -0.468 e. The standard InChI is InChI=1S/C10H15N3O2S/c1-3-11-8(9(14)15-2)7-16-10-12-5-4-6-13-10/h4-6,8,11H,3,7H2,1-2H3. The second kappa shape index (κ2) is 7.19. The van der Waals surface area contributed by atoms with E-state index < -0.39 is 0 Å². The number of rotatable bonds is 6. The fourth-order valence-corrected chi connectivity index (χ4v) is 1.96. The molecule has 0 aliphatic carbocycles. The normalized spacial score (nSPS) is 12.1. The minimum atomic E-state index is -0.316. The van der Waals surface area contributed by atoms with Gasteiger partial charge in [-0.05, 0) is 12.6 Å². The van der Waals surface area contributed by atoms with Crippen LogP contribution in [0.4, 0.5) is 0 Å². The molecule has 6 heteroatoms. The average Bonchev–Trinajstić information content (AvgIpc) is 2.34. The number of esters is 1. The van der Waals surface area contributed by atoms with Crippen LogP contribution < -0.4 is 5.32 Å². The van der Waals surface area contributed by atoms with Gasteiger partial charge < -0.3 is 10.1 Å². The van der Waals surface area contributed by atoms with Crippen LogP contribution in [0.25, 0.3) is 0 Å². The van der Waals surface area contributed by atoms with Gasteiger partial charge in [0.15, 0.2) is 5.16 Å². The molecular weight excluding hydrogens is 226 g/mol. The third kappa shape index (κ3) is 4.16. The van der Waals surface area contributed by atoms with Crippen LogP contribution in [0, 0.1) is 0 Å². The Hall–Kier alpha value is -1.14. The van der Waals surface area contributed by atoms with Crippen molar-refractivity contribution < 1.29 is 9.53 Å². The second-order valence-electron chi connectivity index (χ2n) is 2.98. The molecule has 1 rings (SSSR count). The van der Waals surface area contributed by atoms with Crippen LogP contribution in [0.2, 0.25) is 0 Å². The average molecular weight is 241 g/mol. The van der Waals surface area contributed by atoms with Crippen molar-refractivity contribution in [1.82, 2.24) is 15.3 Å². The Kier molecular flexibility index (Phi) is 5.81. The van der Waals surface area contributed by atoms with Gasteiger partial charge in [0.2, 0.25) is 0 Å². The van der Waals surface area contributed by atoms with E-state index in [1.165, 1.54) is 18.9 Å². The van der Waals surface area contributed by atoms with Crippen LogP contribution in [-0.2, 0) is 9.53 Å². The number of carbonyl (C=O) groups is 1. The van der Waals surface area contributed by atoms with Crippen molar-refractivity contribution in [3.8, 4) is 0 Å². The van der Waals surface area contributed by atoms with Gasteiger partial charge in [-0.25, -0.2) is 9.97 Å². The molecule has 1 aromatic rings. The van der Waals surface area contributed by atoms with Gasteiger partial charge in [-0.15, -0.1) is 0 Å².